The van der Waals surface area contributed by atoms with Crippen LogP contribution < -0.4 is 11.5 Å². The number of rotatable bonds is 3. The Labute approximate surface area is 147 Å². The molecule has 2 aliphatic rings. The summed E-state index contributed by atoms with van der Waals surface area (Å²) in [6.07, 6.45) is 17.5. The standard InChI is InChI=1S/C22H34N2/c1-3-10-18-19(16-11-6-4-7-12-16)15(2)21(23)20(22(18)24)17-13-8-5-9-14-17/h3,10,16-17H,4-9,11-14,23-24H2,1-2H3. The normalized spacial score (nSPS) is 20.8. The van der Waals surface area contributed by atoms with E-state index in [1.54, 1.807) is 0 Å². The molecule has 2 fully saturated rings. The summed E-state index contributed by atoms with van der Waals surface area (Å²) in [5.41, 5.74) is 20.7. The largest absolute Gasteiger partial charge is 0.398 e. The topological polar surface area (TPSA) is 52.0 Å². The third-order valence-electron chi connectivity index (χ3n) is 6.33. The van der Waals surface area contributed by atoms with Crippen LogP contribution in [0.25, 0.3) is 6.08 Å². The zero-order valence-electron chi connectivity index (χ0n) is 15.5. The number of nitrogen functional groups attached to an aromatic ring is 2. The average Bonchev–Trinajstić information content (AvgIpc) is 2.62. The molecule has 0 unspecified atom stereocenters. The van der Waals surface area contributed by atoms with Gasteiger partial charge in [-0.15, -0.1) is 0 Å². The molecule has 2 aliphatic carbocycles. The van der Waals surface area contributed by atoms with E-state index in [0.29, 0.717) is 11.8 Å². The Bertz CT molecular complexity index is 603. The fourth-order valence-electron chi connectivity index (χ4n) is 5.08. The van der Waals surface area contributed by atoms with E-state index in [1.807, 2.05) is 0 Å². The van der Waals surface area contributed by atoms with Gasteiger partial charge in [-0.05, 0) is 62.5 Å². The molecule has 1 aromatic carbocycles. The SMILES string of the molecule is CC=Cc1c(N)c(C2CCCCC2)c(N)c(C)c1C1CCCCC1. The zero-order chi connectivity index (χ0) is 17.1. The summed E-state index contributed by atoms with van der Waals surface area (Å²) in [6, 6.07) is 0. The monoisotopic (exact) mass is 326 g/mol. The van der Waals surface area contributed by atoms with Crippen molar-refractivity contribution in [3.8, 4) is 0 Å². The highest BCUT2D eigenvalue weighted by Crippen LogP contribution is 2.47. The molecule has 0 amide bonds. The highest BCUT2D eigenvalue weighted by molar-refractivity contribution is 5.80. The summed E-state index contributed by atoms with van der Waals surface area (Å²) in [5, 5.41) is 0. The molecule has 3 rings (SSSR count). The highest BCUT2D eigenvalue weighted by atomic mass is 14.7. The first-order chi connectivity index (χ1) is 11.6. The van der Waals surface area contributed by atoms with E-state index in [0.717, 1.165) is 11.4 Å². The lowest BCUT2D eigenvalue weighted by molar-refractivity contribution is 0.439. The number of hydrogen-bond donors (Lipinski definition) is 2. The van der Waals surface area contributed by atoms with E-state index >= 15 is 0 Å². The lowest BCUT2D eigenvalue weighted by Crippen LogP contribution is -2.17. The minimum absolute atomic E-state index is 0.557. The van der Waals surface area contributed by atoms with E-state index in [1.165, 1.54) is 86.5 Å². The van der Waals surface area contributed by atoms with Gasteiger partial charge in [-0.3, -0.25) is 0 Å². The molecule has 24 heavy (non-hydrogen) atoms. The van der Waals surface area contributed by atoms with Crippen LogP contribution in [-0.2, 0) is 0 Å². The number of hydrogen-bond acceptors (Lipinski definition) is 2. The summed E-state index contributed by atoms with van der Waals surface area (Å²) in [5.74, 6) is 1.19. The van der Waals surface area contributed by atoms with E-state index in [9.17, 15) is 0 Å². The van der Waals surface area contributed by atoms with Crippen LogP contribution in [0, 0.1) is 6.92 Å². The molecule has 0 aromatic heterocycles. The van der Waals surface area contributed by atoms with Crippen LogP contribution >= 0.6 is 0 Å². The fourth-order valence-corrected chi connectivity index (χ4v) is 5.08. The van der Waals surface area contributed by atoms with Crippen molar-refractivity contribution in [2.24, 2.45) is 0 Å². The van der Waals surface area contributed by atoms with Crippen molar-refractivity contribution < 1.29 is 0 Å². The van der Waals surface area contributed by atoms with Crippen LogP contribution in [0.4, 0.5) is 11.4 Å². The van der Waals surface area contributed by atoms with Gasteiger partial charge < -0.3 is 11.5 Å². The first kappa shape index (κ1) is 17.4. The van der Waals surface area contributed by atoms with Crippen molar-refractivity contribution in [2.45, 2.75) is 89.9 Å². The van der Waals surface area contributed by atoms with Gasteiger partial charge >= 0.3 is 0 Å². The van der Waals surface area contributed by atoms with Gasteiger partial charge in [-0.1, -0.05) is 50.7 Å². The van der Waals surface area contributed by atoms with Crippen molar-refractivity contribution in [1.82, 2.24) is 0 Å². The molecule has 132 valence electrons. The summed E-state index contributed by atoms with van der Waals surface area (Å²) in [4.78, 5) is 0. The average molecular weight is 327 g/mol. The number of allylic oxidation sites excluding steroid dienone is 1. The fraction of sp³-hybridized carbons (Fsp3) is 0.636. The Morgan fingerprint density at radius 1 is 0.750 bits per heavy atom. The predicted octanol–water partition coefficient (Wildman–Crippen LogP) is 6.29. The van der Waals surface area contributed by atoms with Gasteiger partial charge in [0.25, 0.3) is 0 Å². The maximum Gasteiger partial charge on any atom is 0.0446 e. The van der Waals surface area contributed by atoms with Gasteiger partial charge in [0.05, 0.1) is 0 Å². The molecule has 0 saturated heterocycles. The molecule has 2 nitrogen and oxygen atoms in total. The number of nitrogens with two attached hydrogens (primary N) is 2. The van der Waals surface area contributed by atoms with Crippen molar-refractivity contribution >= 4 is 17.5 Å². The smallest absolute Gasteiger partial charge is 0.0446 e. The molecular formula is C22H34N2. The lowest BCUT2D eigenvalue weighted by atomic mass is 9.75. The highest BCUT2D eigenvalue weighted by Gasteiger charge is 2.28. The van der Waals surface area contributed by atoms with Gasteiger partial charge in [0, 0.05) is 22.5 Å². The van der Waals surface area contributed by atoms with Gasteiger partial charge in [-0.2, -0.15) is 0 Å². The first-order valence-corrected chi connectivity index (χ1v) is 9.99. The number of benzene rings is 1. The molecular weight excluding hydrogens is 292 g/mol. The first-order valence-electron chi connectivity index (χ1n) is 9.99. The van der Waals surface area contributed by atoms with Crippen LogP contribution in [0.3, 0.4) is 0 Å². The Hall–Kier alpha value is -1.44. The van der Waals surface area contributed by atoms with Gasteiger partial charge in [0.15, 0.2) is 0 Å². The second-order valence-electron chi connectivity index (χ2n) is 7.86. The molecule has 0 bridgehead atoms. The quantitative estimate of drug-likeness (QED) is 0.641. The molecule has 4 N–H and O–H groups in total. The van der Waals surface area contributed by atoms with Crippen LogP contribution in [0.2, 0.25) is 0 Å². The molecule has 0 heterocycles. The second-order valence-corrected chi connectivity index (χ2v) is 7.86. The van der Waals surface area contributed by atoms with E-state index in [4.69, 9.17) is 11.5 Å². The molecule has 0 aliphatic heterocycles. The Morgan fingerprint density at radius 2 is 1.25 bits per heavy atom. The minimum Gasteiger partial charge on any atom is -0.398 e. The van der Waals surface area contributed by atoms with Crippen molar-refractivity contribution in [3.05, 3.63) is 28.3 Å². The maximum atomic E-state index is 6.75. The molecule has 1 aromatic rings. The number of anilines is 2. The van der Waals surface area contributed by atoms with Crippen LogP contribution in [0.1, 0.15) is 105 Å². The van der Waals surface area contributed by atoms with E-state index in [2.05, 4.69) is 26.0 Å². The van der Waals surface area contributed by atoms with Crippen molar-refractivity contribution in [2.75, 3.05) is 11.5 Å². The summed E-state index contributed by atoms with van der Waals surface area (Å²) in [6.45, 7) is 4.33. The predicted molar refractivity (Wildman–Crippen MR) is 106 cm³/mol. The van der Waals surface area contributed by atoms with Crippen LogP contribution in [0.5, 0.6) is 0 Å². The molecule has 0 radical (unpaired) electrons. The Balaban J connectivity index is 2.12. The summed E-state index contributed by atoms with van der Waals surface area (Å²) < 4.78 is 0. The van der Waals surface area contributed by atoms with Crippen LogP contribution in [-0.4, -0.2) is 0 Å². The molecule has 2 heteroatoms. The van der Waals surface area contributed by atoms with E-state index in [-0.39, 0.29) is 0 Å². The zero-order valence-corrected chi connectivity index (χ0v) is 15.5. The van der Waals surface area contributed by atoms with Gasteiger partial charge in [-0.25, -0.2) is 0 Å². The minimum atomic E-state index is 0.557. The van der Waals surface area contributed by atoms with Gasteiger partial charge in [0.2, 0.25) is 0 Å². The second kappa shape index (κ2) is 7.63. The maximum absolute atomic E-state index is 6.75. The molecule has 2 saturated carbocycles. The summed E-state index contributed by atoms with van der Waals surface area (Å²) in [7, 11) is 0. The Kier molecular flexibility index (Phi) is 5.53. The van der Waals surface area contributed by atoms with E-state index < -0.39 is 0 Å². The van der Waals surface area contributed by atoms with Crippen molar-refractivity contribution in [1.29, 1.82) is 0 Å². The molecule has 0 atom stereocenters. The van der Waals surface area contributed by atoms with Crippen molar-refractivity contribution in [3.63, 3.8) is 0 Å². The van der Waals surface area contributed by atoms with Gasteiger partial charge in [0.1, 0.15) is 0 Å². The third-order valence-corrected chi connectivity index (χ3v) is 6.33. The third kappa shape index (κ3) is 3.20. The summed E-state index contributed by atoms with van der Waals surface area (Å²) >= 11 is 0. The van der Waals surface area contributed by atoms with Crippen LogP contribution in [0.15, 0.2) is 6.08 Å². The Morgan fingerprint density at radius 3 is 1.75 bits per heavy atom. The lowest BCUT2D eigenvalue weighted by Gasteiger charge is -2.31. The molecule has 0 spiro atoms.